The molecule has 0 spiro atoms. The standard InChI is InChI=1S/C15H17N3O3S/c1-21-9-3-5-12(19)10(7-9)14(20)18-15-17-11-4-2-8(16)6-13(11)22-15/h3,5,7-8,19H,2,4,6,16H2,1H3,(H,17,18,20)/t8-/m0/s1. The van der Waals surface area contributed by atoms with Crippen LogP contribution in [0.25, 0.3) is 0 Å². The van der Waals surface area contributed by atoms with Gasteiger partial charge in [0.2, 0.25) is 0 Å². The first kappa shape index (κ1) is 14.8. The molecule has 0 bridgehead atoms. The van der Waals surface area contributed by atoms with Crippen LogP contribution in [0.5, 0.6) is 11.5 Å². The Hall–Kier alpha value is -2.12. The van der Waals surface area contributed by atoms with Crippen molar-refractivity contribution in [1.82, 2.24) is 4.98 Å². The van der Waals surface area contributed by atoms with Crippen LogP contribution >= 0.6 is 11.3 Å². The number of aromatic hydroxyl groups is 1. The van der Waals surface area contributed by atoms with Gasteiger partial charge in [-0.3, -0.25) is 10.1 Å². The minimum atomic E-state index is -0.410. The first-order valence-electron chi connectivity index (χ1n) is 6.99. The van der Waals surface area contributed by atoms with Crippen molar-refractivity contribution in [2.45, 2.75) is 25.3 Å². The molecule has 7 heteroatoms. The van der Waals surface area contributed by atoms with E-state index in [0.717, 1.165) is 29.8 Å². The van der Waals surface area contributed by atoms with Gasteiger partial charge in [0.15, 0.2) is 5.13 Å². The van der Waals surface area contributed by atoms with Gasteiger partial charge in [0, 0.05) is 10.9 Å². The number of phenolic OH excluding ortho intramolecular Hbond substituents is 1. The summed E-state index contributed by atoms with van der Waals surface area (Å²) >= 11 is 1.44. The molecule has 0 saturated heterocycles. The zero-order chi connectivity index (χ0) is 15.7. The zero-order valence-electron chi connectivity index (χ0n) is 12.1. The number of aryl methyl sites for hydroxylation is 1. The summed E-state index contributed by atoms with van der Waals surface area (Å²) in [6.45, 7) is 0. The molecule has 1 atom stereocenters. The van der Waals surface area contributed by atoms with Gasteiger partial charge < -0.3 is 15.6 Å². The molecule has 0 radical (unpaired) electrons. The highest BCUT2D eigenvalue weighted by atomic mass is 32.1. The van der Waals surface area contributed by atoms with E-state index in [9.17, 15) is 9.90 Å². The summed E-state index contributed by atoms with van der Waals surface area (Å²) in [5.74, 6) is 0.000735. The number of phenols is 1. The van der Waals surface area contributed by atoms with Gasteiger partial charge in [0.25, 0.3) is 5.91 Å². The van der Waals surface area contributed by atoms with Gasteiger partial charge in [-0.1, -0.05) is 0 Å². The van der Waals surface area contributed by atoms with E-state index in [0.29, 0.717) is 10.9 Å². The summed E-state index contributed by atoms with van der Waals surface area (Å²) in [6, 6.07) is 4.68. The number of thiazole rings is 1. The molecule has 22 heavy (non-hydrogen) atoms. The lowest BCUT2D eigenvalue weighted by atomic mass is 9.99. The van der Waals surface area contributed by atoms with Gasteiger partial charge in [-0.05, 0) is 37.5 Å². The number of rotatable bonds is 3. The number of nitrogens with two attached hydrogens (primary N) is 1. The highest BCUT2D eigenvalue weighted by molar-refractivity contribution is 7.15. The van der Waals surface area contributed by atoms with Crippen LogP contribution < -0.4 is 15.8 Å². The van der Waals surface area contributed by atoms with Crippen molar-refractivity contribution in [3.05, 3.63) is 34.3 Å². The third-order valence-electron chi connectivity index (χ3n) is 3.65. The van der Waals surface area contributed by atoms with E-state index < -0.39 is 5.91 Å². The first-order valence-corrected chi connectivity index (χ1v) is 7.81. The number of ether oxygens (including phenoxy) is 1. The third kappa shape index (κ3) is 2.90. The summed E-state index contributed by atoms with van der Waals surface area (Å²) in [4.78, 5) is 17.9. The van der Waals surface area contributed by atoms with E-state index >= 15 is 0 Å². The number of carbonyl (C=O) groups is 1. The predicted molar refractivity (Wildman–Crippen MR) is 84.7 cm³/mol. The molecule has 0 fully saturated rings. The van der Waals surface area contributed by atoms with Gasteiger partial charge >= 0.3 is 0 Å². The molecule has 4 N–H and O–H groups in total. The molecule has 0 saturated carbocycles. The quantitative estimate of drug-likeness (QED) is 0.803. The number of fused-ring (bicyclic) bond motifs is 1. The van der Waals surface area contributed by atoms with E-state index in [4.69, 9.17) is 10.5 Å². The Balaban J connectivity index is 1.80. The van der Waals surface area contributed by atoms with Crippen LogP contribution in [0.3, 0.4) is 0 Å². The van der Waals surface area contributed by atoms with E-state index in [2.05, 4.69) is 10.3 Å². The average Bonchev–Trinajstić information content (AvgIpc) is 2.88. The Morgan fingerprint density at radius 2 is 2.36 bits per heavy atom. The minimum absolute atomic E-state index is 0.0957. The van der Waals surface area contributed by atoms with Crippen molar-refractivity contribution in [2.24, 2.45) is 5.73 Å². The van der Waals surface area contributed by atoms with Gasteiger partial charge in [-0.2, -0.15) is 0 Å². The lowest BCUT2D eigenvalue weighted by molar-refractivity contribution is 0.102. The van der Waals surface area contributed by atoms with Crippen LogP contribution in [0.4, 0.5) is 5.13 Å². The fourth-order valence-electron chi connectivity index (χ4n) is 2.44. The van der Waals surface area contributed by atoms with Crippen LogP contribution in [0, 0.1) is 0 Å². The van der Waals surface area contributed by atoms with Crippen LogP contribution in [0.15, 0.2) is 18.2 Å². The number of nitrogens with zero attached hydrogens (tertiary/aromatic N) is 1. The Bertz CT molecular complexity index is 714. The molecule has 3 rings (SSSR count). The molecule has 1 aliphatic rings. The van der Waals surface area contributed by atoms with Gasteiger partial charge in [0.1, 0.15) is 11.5 Å². The van der Waals surface area contributed by atoms with Gasteiger partial charge in [-0.25, -0.2) is 4.98 Å². The number of methoxy groups -OCH3 is 1. The second-order valence-electron chi connectivity index (χ2n) is 5.23. The first-order chi connectivity index (χ1) is 10.6. The second-order valence-corrected chi connectivity index (χ2v) is 6.31. The predicted octanol–water partition coefficient (Wildman–Crippen LogP) is 1.93. The largest absolute Gasteiger partial charge is 0.507 e. The van der Waals surface area contributed by atoms with Crippen molar-refractivity contribution < 1.29 is 14.6 Å². The lowest BCUT2D eigenvalue weighted by Crippen LogP contribution is -2.27. The van der Waals surface area contributed by atoms with Crippen LogP contribution in [-0.4, -0.2) is 29.1 Å². The van der Waals surface area contributed by atoms with Crippen molar-refractivity contribution in [3.63, 3.8) is 0 Å². The Morgan fingerprint density at radius 1 is 1.55 bits per heavy atom. The highest BCUT2D eigenvalue weighted by Gasteiger charge is 2.21. The number of anilines is 1. The van der Waals surface area contributed by atoms with Crippen molar-refractivity contribution >= 4 is 22.4 Å². The highest BCUT2D eigenvalue weighted by Crippen LogP contribution is 2.30. The summed E-state index contributed by atoms with van der Waals surface area (Å²) < 4.78 is 5.07. The number of benzene rings is 1. The number of hydrogen-bond acceptors (Lipinski definition) is 6. The number of carbonyl (C=O) groups excluding carboxylic acids is 1. The molecule has 116 valence electrons. The summed E-state index contributed by atoms with van der Waals surface area (Å²) in [6.07, 6.45) is 2.56. The molecule has 1 heterocycles. The molecular weight excluding hydrogens is 302 g/mol. The smallest absolute Gasteiger partial charge is 0.261 e. The average molecular weight is 319 g/mol. The fraction of sp³-hybridized carbons (Fsp3) is 0.333. The molecule has 1 aliphatic carbocycles. The summed E-state index contributed by atoms with van der Waals surface area (Å²) in [5, 5.41) is 13.1. The fourth-order valence-corrected chi connectivity index (χ4v) is 3.54. The minimum Gasteiger partial charge on any atom is -0.507 e. The number of aromatic nitrogens is 1. The van der Waals surface area contributed by atoms with Crippen LogP contribution in [0.2, 0.25) is 0 Å². The van der Waals surface area contributed by atoms with Crippen LogP contribution in [-0.2, 0) is 12.8 Å². The molecule has 1 amide bonds. The lowest BCUT2D eigenvalue weighted by Gasteiger charge is -2.15. The van der Waals surface area contributed by atoms with Crippen molar-refractivity contribution in [3.8, 4) is 11.5 Å². The van der Waals surface area contributed by atoms with Crippen LogP contribution in [0.1, 0.15) is 27.3 Å². The molecule has 2 aromatic rings. The van der Waals surface area contributed by atoms with Gasteiger partial charge in [-0.15, -0.1) is 11.3 Å². The van der Waals surface area contributed by atoms with E-state index in [-0.39, 0.29) is 17.4 Å². The zero-order valence-corrected chi connectivity index (χ0v) is 12.9. The maximum absolute atomic E-state index is 12.3. The maximum Gasteiger partial charge on any atom is 0.261 e. The maximum atomic E-state index is 12.3. The molecule has 0 unspecified atom stereocenters. The summed E-state index contributed by atoms with van der Waals surface area (Å²) in [7, 11) is 1.51. The summed E-state index contributed by atoms with van der Waals surface area (Å²) in [5.41, 5.74) is 7.12. The number of nitrogens with one attached hydrogen (secondary N) is 1. The molecule has 1 aromatic carbocycles. The SMILES string of the molecule is COc1ccc(O)c(C(=O)Nc2nc3c(s2)C[C@@H](N)CC3)c1. The number of amides is 1. The van der Waals surface area contributed by atoms with E-state index in [1.165, 1.54) is 30.6 Å². The second kappa shape index (κ2) is 5.94. The molecule has 1 aromatic heterocycles. The molecule has 6 nitrogen and oxygen atoms in total. The monoisotopic (exact) mass is 319 g/mol. The van der Waals surface area contributed by atoms with E-state index in [1.807, 2.05) is 0 Å². The Labute approximate surface area is 131 Å². The molecule has 0 aliphatic heterocycles. The molecular formula is C15H17N3O3S. The van der Waals surface area contributed by atoms with Crippen molar-refractivity contribution in [1.29, 1.82) is 0 Å². The third-order valence-corrected chi connectivity index (χ3v) is 4.68. The Morgan fingerprint density at radius 3 is 3.14 bits per heavy atom. The normalized spacial score (nSPS) is 16.9. The topological polar surface area (TPSA) is 97.5 Å². The van der Waals surface area contributed by atoms with Gasteiger partial charge in [0.05, 0.1) is 18.4 Å². The Kier molecular flexibility index (Phi) is 4.00. The van der Waals surface area contributed by atoms with E-state index in [1.54, 1.807) is 6.07 Å². The number of hydrogen-bond donors (Lipinski definition) is 3. The van der Waals surface area contributed by atoms with Crippen molar-refractivity contribution in [2.75, 3.05) is 12.4 Å².